The van der Waals surface area contributed by atoms with Crippen molar-refractivity contribution in [1.29, 1.82) is 0 Å². The van der Waals surface area contributed by atoms with E-state index in [4.69, 9.17) is 4.52 Å². The molecule has 1 aliphatic carbocycles. The minimum atomic E-state index is -2.74. The van der Waals surface area contributed by atoms with Crippen LogP contribution in [0.5, 0.6) is 0 Å². The van der Waals surface area contributed by atoms with Crippen molar-refractivity contribution in [3.8, 4) is 0 Å². The molecule has 1 aliphatic rings. The Kier molecular flexibility index (Phi) is 4.68. The van der Waals surface area contributed by atoms with E-state index in [2.05, 4.69) is 15.5 Å². The van der Waals surface area contributed by atoms with E-state index in [-0.39, 0.29) is 30.5 Å². The van der Waals surface area contributed by atoms with E-state index < -0.39 is 12.2 Å². The second kappa shape index (κ2) is 6.72. The van der Waals surface area contributed by atoms with Gasteiger partial charge in [0, 0.05) is 11.5 Å². The van der Waals surface area contributed by atoms with Crippen molar-refractivity contribution in [2.75, 3.05) is 6.61 Å². The van der Waals surface area contributed by atoms with Gasteiger partial charge >= 0.3 is 6.43 Å². The molecule has 0 aliphatic heterocycles. The number of alkyl halides is 2. The van der Waals surface area contributed by atoms with Crippen molar-refractivity contribution >= 4 is 0 Å². The highest BCUT2D eigenvalue weighted by Crippen LogP contribution is 2.49. The van der Waals surface area contributed by atoms with Crippen molar-refractivity contribution in [1.82, 2.24) is 15.5 Å². The number of hydrogen-bond donors (Lipinski definition) is 2. The maximum atomic E-state index is 12.5. The first-order chi connectivity index (χ1) is 11.1. The summed E-state index contributed by atoms with van der Waals surface area (Å²) in [6.45, 7) is 0.257. The first-order valence-electron chi connectivity index (χ1n) is 7.64. The van der Waals surface area contributed by atoms with E-state index in [1.165, 1.54) is 0 Å². The second-order valence-electron chi connectivity index (χ2n) is 5.95. The second-order valence-corrected chi connectivity index (χ2v) is 5.95. The number of halogens is 2. The normalized spacial score (nSPS) is 17.9. The summed E-state index contributed by atoms with van der Waals surface area (Å²) in [5.41, 5.74) is 0.822. The van der Waals surface area contributed by atoms with Crippen LogP contribution in [-0.2, 0) is 6.54 Å². The topological polar surface area (TPSA) is 71.2 Å². The Morgan fingerprint density at radius 3 is 2.52 bits per heavy atom. The van der Waals surface area contributed by atoms with Gasteiger partial charge in [-0.1, -0.05) is 41.9 Å². The zero-order valence-corrected chi connectivity index (χ0v) is 12.6. The number of rotatable bonds is 7. The fourth-order valence-corrected chi connectivity index (χ4v) is 3.12. The lowest BCUT2D eigenvalue weighted by atomic mass is 9.63. The maximum absolute atomic E-state index is 12.5. The Morgan fingerprint density at radius 2 is 2.00 bits per heavy atom. The molecule has 1 aromatic heterocycles. The van der Waals surface area contributed by atoms with Crippen LogP contribution in [0.2, 0.25) is 0 Å². The Balaban J connectivity index is 1.76. The smallest absolute Gasteiger partial charge is 0.300 e. The molecule has 3 rings (SSSR count). The molecule has 1 aromatic carbocycles. The standard InChI is InChI=1S/C16H19F2N3O2/c17-14(18)15-20-12(23-21-15)9-19-13(11-5-2-1-3-6-11)16(10-22)7-4-8-16/h1-3,5-6,13-14,19,22H,4,7-10H2. The van der Waals surface area contributed by atoms with E-state index in [9.17, 15) is 13.9 Å². The third-order valence-corrected chi connectivity index (χ3v) is 4.55. The van der Waals surface area contributed by atoms with Gasteiger partial charge in [0.25, 0.3) is 0 Å². The molecule has 124 valence electrons. The summed E-state index contributed by atoms with van der Waals surface area (Å²) in [6, 6.07) is 9.70. The quantitative estimate of drug-likeness (QED) is 0.819. The van der Waals surface area contributed by atoms with Gasteiger partial charge in [0.1, 0.15) is 0 Å². The highest BCUT2D eigenvalue weighted by molar-refractivity contribution is 5.23. The molecule has 2 N–H and O–H groups in total. The molecule has 0 radical (unpaired) electrons. The van der Waals surface area contributed by atoms with E-state index in [1.807, 2.05) is 30.3 Å². The number of aliphatic hydroxyl groups excluding tert-OH is 1. The van der Waals surface area contributed by atoms with Crippen molar-refractivity contribution in [2.45, 2.75) is 38.3 Å². The van der Waals surface area contributed by atoms with Gasteiger partial charge in [-0.3, -0.25) is 0 Å². The predicted molar refractivity (Wildman–Crippen MR) is 78.6 cm³/mol. The molecule has 1 fully saturated rings. The van der Waals surface area contributed by atoms with E-state index in [1.54, 1.807) is 0 Å². The lowest BCUT2D eigenvalue weighted by molar-refractivity contribution is 0.00377. The number of aliphatic hydroxyl groups is 1. The number of nitrogens with zero attached hydrogens (tertiary/aromatic N) is 2. The monoisotopic (exact) mass is 323 g/mol. The van der Waals surface area contributed by atoms with Gasteiger partial charge in [-0.25, -0.2) is 8.78 Å². The van der Waals surface area contributed by atoms with Gasteiger partial charge in [0.15, 0.2) is 0 Å². The first kappa shape index (κ1) is 16.0. The van der Waals surface area contributed by atoms with Crippen molar-refractivity contribution in [3.05, 3.63) is 47.6 Å². The zero-order valence-electron chi connectivity index (χ0n) is 12.6. The molecule has 0 spiro atoms. The number of nitrogens with one attached hydrogen (secondary N) is 1. The highest BCUT2D eigenvalue weighted by atomic mass is 19.3. The molecular weight excluding hydrogens is 304 g/mol. The number of benzene rings is 1. The van der Waals surface area contributed by atoms with Gasteiger partial charge in [0.2, 0.25) is 11.7 Å². The van der Waals surface area contributed by atoms with Crippen molar-refractivity contribution in [3.63, 3.8) is 0 Å². The van der Waals surface area contributed by atoms with Gasteiger partial charge in [-0.05, 0) is 18.4 Å². The Hall–Kier alpha value is -1.86. The predicted octanol–water partition coefficient (Wildman–Crippen LogP) is 3.00. The van der Waals surface area contributed by atoms with Crippen LogP contribution in [0.15, 0.2) is 34.9 Å². The molecule has 0 bridgehead atoms. The molecule has 2 aromatic rings. The van der Waals surface area contributed by atoms with Crippen LogP contribution in [0.3, 0.4) is 0 Å². The average molecular weight is 323 g/mol. The number of aromatic nitrogens is 2. The van der Waals surface area contributed by atoms with Crippen LogP contribution in [0.4, 0.5) is 8.78 Å². The Morgan fingerprint density at radius 1 is 1.26 bits per heavy atom. The summed E-state index contributed by atoms with van der Waals surface area (Å²) in [5, 5.41) is 16.4. The average Bonchev–Trinajstić information content (AvgIpc) is 3.00. The largest absolute Gasteiger partial charge is 0.396 e. The summed E-state index contributed by atoms with van der Waals surface area (Å²) in [7, 11) is 0. The fraction of sp³-hybridized carbons (Fsp3) is 0.500. The maximum Gasteiger partial charge on any atom is 0.300 e. The van der Waals surface area contributed by atoms with Crippen LogP contribution >= 0.6 is 0 Å². The molecule has 0 saturated heterocycles. The third-order valence-electron chi connectivity index (χ3n) is 4.55. The van der Waals surface area contributed by atoms with Gasteiger partial charge in [-0.15, -0.1) is 0 Å². The molecule has 7 heteroatoms. The summed E-state index contributed by atoms with van der Waals surface area (Å²) in [4.78, 5) is 3.67. The number of hydrogen-bond acceptors (Lipinski definition) is 5. The third kappa shape index (κ3) is 3.25. The van der Waals surface area contributed by atoms with Crippen LogP contribution < -0.4 is 5.32 Å². The summed E-state index contributed by atoms with van der Waals surface area (Å²) < 4.78 is 29.9. The summed E-state index contributed by atoms with van der Waals surface area (Å²) in [6.07, 6.45) is 0.166. The van der Waals surface area contributed by atoms with Crippen LogP contribution in [0.25, 0.3) is 0 Å². The van der Waals surface area contributed by atoms with Crippen molar-refractivity contribution < 1.29 is 18.4 Å². The molecule has 1 heterocycles. The molecule has 1 atom stereocenters. The Labute approximate surface area is 132 Å². The van der Waals surface area contributed by atoms with E-state index >= 15 is 0 Å². The van der Waals surface area contributed by atoms with Crippen LogP contribution in [0, 0.1) is 5.41 Å². The molecule has 23 heavy (non-hydrogen) atoms. The molecular formula is C16H19F2N3O2. The summed E-state index contributed by atoms with van der Waals surface area (Å²) in [5.74, 6) is -0.479. The van der Waals surface area contributed by atoms with E-state index in [0.717, 1.165) is 24.8 Å². The van der Waals surface area contributed by atoms with Crippen LogP contribution in [0.1, 0.15) is 49.0 Å². The van der Waals surface area contributed by atoms with E-state index in [0.29, 0.717) is 0 Å². The van der Waals surface area contributed by atoms with Crippen LogP contribution in [-0.4, -0.2) is 21.9 Å². The molecule has 5 nitrogen and oxygen atoms in total. The molecule has 1 unspecified atom stereocenters. The minimum absolute atomic E-state index is 0.0751. The summed E-state index contributed by atoms with van der Waals surface area (Å²) >= 11 is 0. The highest BCUT2D eigenvalue weighted by Gasteiger charge is 2.44. The van der Waals surface area contributed by atoms with Crippen molar-refractivity contribution in [2.24, 2.45) is 5.41 Å². The fourth-order valence-electron chi connectivity index (χ4n) is 3.12. The molecule has 1 saturated carbocycles. The Bertz CT molecular complexity index is 624. The first-order valence-corrected chi connectivity index (χ1v) is 7.64. The lowest BCUT2D eigenvalue weighted by Gasteiger charge is -2.47. The molecule has 0 amide bonds. The SMILES string of the molecule is OCC1(C(NCc2nc(C(F)F)no2)c2ccccc2)CCC1. The van der Waals surface area contributed by atoms with Gasteiger partial charge in [0.05, 0.1) is 13.2 Å². The zero-order chi connectivity index (χ0) is 16.3. The lowest BCUT2D eigenvalue weighted by Crippen LogP contribution is -2.45. The minimum Gasteiger partial charge on any atom is -0.396 e. The van der Waals surface area contributed by atoms with Gasteiger partial charge in [-0.2, -0.15) is 4.98 Å². The van der Waals surface area contributed by atoms with Gasteiger partial charge < -0.3 is 14.9 Å².